The number of hydrogen-bond donors (Lipinski definition) is 2. The molecule has 4 nitrogen and oxygen atoms in total. The molecule has 0 saturated carbocycles. The van der Waals surface area contributed by atoms with E-state index in [0.29, 0.717) is 23.4 Å². The van der Waals surface area contributed by atoms with Gasteiger partial charge >= 0.3 is 6.18 Å². The highest BCUT2D eigenvalue weighted by Crippen LogP contribution is 2.36. The lowest BCUT2D eigenvalue weighted by Crippen LogP contribution is -2.20. The van der Waals surface area contributed by atoms with Crippen LogP contribution < -0.4 is 5.73 Å². The third-order valence-electron chi connectivity index (χ3n) is 3.15. The van der Waals surface area contributed by atoms with Crippen LogP contribution in [0.3, 0.4) is 0 Å². The molecule has 3 N–H and O–H groups in total. The molecule has 0 spiro atoms. The molecule has 8 heteroatoms. The van der Waals surface area contributed by atoms with Crippen LogP contribution in [-0.2, 0) is 10.9 Å². The monoisotopic (exact) mass is 320 g/mol. The smallest absolute Gasteiger partial charge is 0.409 e. The summed E-state index contributed by atoms with van der Waals surface area (Å²) in [4.78, 5) is 0.663. The Labute approximate surface area is 124 Å². The molecule has 0 unspecified atom stereocenters. The molecule has 1 aliphatic heterocycles. The van der Waals surface area contributed by atoms with Gasteiger partial charge in [0.1, 0.15) is 0 Å². The van der Waals surface area contributed by atoms with Crippen molar-refractivity contribution >= 4 is 17.6 Å². The number of oxime groups is 1. The molecular weight excluding hydrogens is 305 g/mol. The van der Waals surface area contributed by atoms with E-state index in [4.69, 9.17) is 15.7 Å². The number of halogens is 3. The predicted octanol–water partition coefficient (Wildman–Crippen LogP) is 3.07. The largest absolute Gasteiger partial charge is 0.417 e. The van der Waals surface area contributed by atoms with E-state index in [9.17, 15) is 13.2 Å². The lowest BCUT2D eigenvalue weighted by Gasteiger charge is -2.22. The van der Waals surface area contributed by atoms with Crippen LogP contribution in [0.25, 0.3) is 0 Å². The van der Waals surface area contributed by atoms with Gasteiger partial charge in [-0.2, -0.15) is 13.2 Å². The number of hydrogen-bond acceptors (Lipinski definition) is 4. The van der Waals surface area contributed by atoms with E-state index in [0.717, 1.165) is 18.9 Å². The highest BCUT2D eigenvalue weighted by molar-refractivity contribution is 8.00. The molecule has 0 amide bonds. The molecule has 0 bridgehead atoms. The molecule has 1 aromatic rings. The van der Waals surface area contributed by atoms with E-state index < -0.39 is 17.6 Å². The minimum atomic E-state index is -4.55. The van der Waals surface area contributed by atoms with Crippen LogP contribution in [0.1, 0.15) is 24.0 Å². The first kappa shape index (κ1) is 16.0. The standard InChI is InChI=1S/C13H15F3N2O2S/c14-13(15,16)11-2-1-9(7-10(11)12(17)18-19)21-8-3-5-20-6-4-8/h1-2,7-8,19H,3-6H2,(H2,17,18). The fourth-order valence-electron chi connectivity index (χ4n) is 2.10. The van der Waals surface area contributed by atoms with E-state index in [1.54, 1.807) is 0 Å². The summed E-state index contributed by atoms with van der Waals surface area (Å²) in [6.45, 7) is 1.32. The maximum absolute atomic E-state index is 12.9. The lowest BCUT2D eigenvalue weighted by atomic mass is 10.1. The lowest BCUT2D eigenvalue weighted by molar-refractivity contribution is -0.137. The average molecular weight is 320 g/mol. The van der Waals surface area contributed by atoms with Gasteiger partial charge in [-0.25, -0.2) is 0 Å². The third-order valence-corrected chi connectivity index (χ3v) is 4.48. The number of nitrogens with zero attached hydrogens (tertiary/aromatic N) is 1. The van der Waals surface area contributed by atoms with Crippen LogP contribution >= 0.6 is 11.8 Å². The summed E-state index contributed by atoms with van der Waals surface area (Å²) >= 11 is 1.49. The Hall–Kier alpha value is -1.41. The van der Waals surface area contributed by atoms with Crippen molar-refractivity contribution in [1.29, 1.82) is 0 Å². The normalized spacial score (nSPS) is 18.0. The number of thioether (sulfide) groups is 1. The van der Waals surface area contributed by atoms with Crippen LogP contribution in [0.4, 0.5) is 13.2 Å². The summed E-state index contributed by atoms with van der Waals surface area (Å²) in [5.41, 5.74) is 4.15. The highest BCUT2D eigenvalue weighted by atomic mass is 32.2. The Kier molecular flexibility index (Phi) is 5.00. The molecule has 1 aliphatic rings. The van der Waals surface area contributed by atoms with Gasteiger partial charge in [0.2, 0.25) is 0 Å². The first-order valence-electron chi connectivity index (χ1n) is 6.35. The van der Waals surface area contributed by atoms with Gasteiger partial charge in [-0.15, -0.1) is 11.8 Å². The van der Waals surface area contributed by atoms with E-state index in [2.05, 4.69) is 5.16 Å². The number of nitrogens with two attached hydrogens (primary N) is 1. The second kappa shape index (κ2) is 6.57. The SMILES string of the molecule is N/C(=N/O)c1cc(SC2CCOCC2)ccc1C(F)(F)F. The summed E-state index contributed by atoms with van der Waals surface area (Å²) in [6, 6.07) is 3.70. The summed E-state index contributed by atoms with van der Waals surface area (Å²) < 4.78 is 44.0. The molecule has 1 heterocycles. The fraction of sp³-hybridized carbons (Fsp3) is 0.462. The molecule has 0 aliphatic carbocycles. The molecular formula is C13H15F3N2O2S. The molecule has 21 heavy (non-hydrogen) atoms. The summed E-state index contributed by atoms with van der Waals surface area (Å²) in [5, 5.41) is 11.7. The van der Waals surface area contributed by atoms with Crippen molar-refractivity contribution in [1.82, 2.24) is 0 Å². The maximum Gasteiger partial charge on any atom is 0.417 e. The second-order valence-corrected chi connectivity index (χ2v) is 5.99. The van der Waals surface area contributed by atoms with Crippen molar-refractivity contribution in [3.63, 3.8) is 0 Å². The van der Waals surface area contributed by atoms with Crippen LogP contribution in [0, 0.1) is 0 Å². The third kappa shape index (κ3) is 4.04. The quantitative estimate of drug-likeness (QED) is 0.389. The maximum atomic E-state index is 12.9. The van der Waals surface area contributed by atoms with Crippen molar-refractivity contribution in [3.8, 4) is 0 Å². The minimum absolute atomic E-state index is 0.302. The zero-order valence-electron chi connectivity index (χ0n) is 11.1. The van der Waals surface area contributed by atoms with Gasteiger partial charge < -0.3 is 15.7 Å². The molecule has 1 aromatic carbocycles. The van der Waals surface area contributed by atoms with Gasteiger partial charge in [0, 0.05) is 28.9 Å². The number of ether oxygens (including phenoxy) is 1. The van der Waals surface area contributed by atoms with Crippen LogP contribution in [0.15, 0.2) is 28.3 Å². The first-order chi connectivity index (χ1) is 9.91. The summed E-state index contributed by atoms with van der Waals surface area (Å²) in [7, 11) is 0. The summed E-state index contributed by atoms with van der Waals surface area (Å²) in [5.74, 6) is -0.545. The molecule has 1 fully saturated rings. The number of rotatable bonds is 3. The number of amidine groups is 1. The molecule has 2 rings (SSSR count). The Balaban J connectivity index is 2.28. The Morgan fingerprint density at radius 3 is 2.57 bits per heavy atom. The van der Waals surface area contributed by atoms with Crippen LogP contribution in [-0.4, -0.2) is 29.5 Å². The van der Waals surface area contributed by atoms with E-state index in [1.165, 1.54) is 23.9 Å². The van der Waals surface area contributed by atoms with Crippen molar-refractivity contribution < 1.29 is 23.1 Å². The number of benzene rings is 1. The second-order valence-electron chi connectivity index (χ2n) is 4.62. The molecule has 0 atom stereocenters. The van der Waals surface area contributed by atoms with Crippen molar-refractivity contribution in [2.24, 2.45) is 10.9 Å². The molecule has 0 radical (unpaired) electrons. The van der Waals surface area contributed by atoms with Crippen LogP contribution in [0.5, 0.6) is 0 Å². The fourth-order valence-corrected chi connectivity index (χ4v) is 3.24. The van der Waals surface area contributed by atoms with Gasteiger partial charge in [-0.3, -0.25) is 0 Å². The zero-order chi connectivity index (χ0) is 15.5. The van der Waals surface area contributed by atoms with E-state index >= 15 is 0 Å². The predicted molar refractivity (Wildman–Crippen MR) is 73.7 cm³/mol. The molecule has 0 aromatic heterocycles. The minimum Gasteiger partial charge on any atom is -0.409 e. The molecule has 116 valence electrons. The van der Waals surface area contributed by atoms with Gasteiger partial charge in [-0.05, 0) is 31.0 Å². The van der Waals surface area contributed by atoms with E-state index in [-0.39, 0.29) is 5.56 Å². The Bertz CT molecular complexity index is 529. The van der Waals surface area contributed by atoms with Gasteiger partial charge in [0.05, 0.1) is 5.56 Å². The van der Waals surface area contributed by atoms with E-state index in [1.807, 2.05) is 0 Å². The van der Waals surface area contributed by atoms with Crippen LogP contribution in [0.2, 0.25) is 0 Å². The van der Waals surface area contributed by atoms with Gasteiger partial charge in [0.25, 0.3) is 0 Å². The average Bonchev–Trinajstić information content (AvgIpc) is 2.46. The van der Waals surface area contributed by atoms with Crippen molar-refractivity contribution in [3.05, 3.63) is 29.3 Å². The number of alkyl halides is 3. The Morgan fingerprint density at radius 2 is 2.00 bits per heavy atom. The topological polar surface area (TPSA) is 67.8 Å². The van der Waals surface area contributed by atoms with Gasteiger partial charge in [0.15, 0.2) is 5.84 Å². The first-order valence-corrected chi connectivity index (χ1v) is 7.23. The highest BCUT2D eigenvalue weighted by Gasteiger charge is 2.34. The Morgan fingerprint density at radius 1 is 1.33 bits per heavy atom. The van der Waals surface area contributed by atoms with Crippen molar-refractivity contribution in [2.75, 3.05) is 13.2 Å². The molecule has 1 saturated heterocycles. The van der Waals surface area contributed by atoms with Crippen molar-refractivity contribution in [2.45, 2.75) is 29.2 Å². The van der Waals surface area contributed by atoms with Gasteiger partial charge in [-0.1, -0.05) is 5.16 Å². The zero-order valence-corrected chi connectivity index (χ0v) is 11.9. The summed E-state index contributed by atoms with van der Waals surface area (Å²) in [6.07, 6.45) is -2.85.